The highest BCUT2D eigenvalue weighted by molar-refractivity contribution is 6.31. The maximum Gasteiger partial charge on any atom is 0.271 e. The number of amides is 1. The summed E-state index contributed by atoms with van der Waals surface area (Å²) in [6.07, 6.45) is 1.11. The van der Waals surface area contributed by atoms with Gasteiger partial charge in [0, 0.05) is 46.1 Å². The lowest BCUT2D eigenvalue weighted by molar-refractivity contribution is -0.384. The van der Waals surface area contributed by atoms with Crippen LogP contribution in [-0.2, 0) is 15.0 Å². The molecule has 2 aromatic rings. The molecule has 0 saturated heterocycles. The maximum atomic E-state index is 13.5. The Bertz CT molecular complexity index is 1390. The molecule has 164 valence electrons. The molecule has 3 N–H and O–H groups in total. The van der Waals surface area contributed by atoms with Crippen LogP contribution in [0.5, 0.6) is 0 Å². The Balaban J connectivity index is 1.87. The summed E-state index contributed by atoms with van der Waals surface area (Å²) in [6, 6.07) is 12.6. The number of hydrogen-bond acceptors (Lipinski definition) is 7. The third-order valence-corrected chi connectivity index (χ3v) is 6.52. The van der Waals surface area contributed by atoms with Crippen LogP contribution in [0.2, 0.25) is 5.02 Å². The van der Waals surface area contributed by atoms with Crippen molar-refractivity contribution in [2.24, 2.45) is 5.73 Å². The maximum absolute atomic E-state index is 13.5. The fourth-order valence-corrected chi connectivity index (χ4v) is 5.18. The molecule has 5 rings (SSSR count). The summed E-state index contributed by atoms with van der Waals surface area (Å²) in [5.41, 5.74) is 6.26. The Morgan fingerprint density at radius 1 is 1.21 bits per heavy atom. The zero-order valence-corrected chi connectivity index (χ0v) is 17.8. The molecule has 0 saturated carbocycles. The number of nitro groups is 1. The predicted octanol–water partition coefficient (Wildman–Crippen LogP) is 3.66. The van der Waals surface area contributed by atoms with Gasteiger partial charge in [0.25, 0.3) is 5.69 Å². The number of nitriles is 1. The van der Waals surface area contributed by atoms with E-state index in [0.29, 0.717) is 40.5 Å². The molecule has 3 aliphatic rings. The Kier molecular flexibility index (Phi) is 4.51. The summed E-state index contributed by atoms with van der Waals surface area (Å²) < 4.78 is 0. The highest BCUT2D eigenvalue weighted by atomic mass is 35.5. The topological polar surface area (TPSA) is 142 Å². The highest BCUT2D eigenvalue weighted by Gasteiger charge is 2.60. The smallest absolute Gasteiger partial charge is 0.271 e. The third kappa shape index (κ3) is 2.71. The summed E-state index contributed by atoms with van der Waals surface area (Å²) >= 11 is 6.24. The van der Waals surface area contributed by atoms with E-state index >= 15 is 0 Å². The number of nitrogens with one attached hydrogen (secondary N) is 1. The number of fused-ring (bicyclic) bond motifs is 3. The lowest BCUT2D eigenvalue weighted by Gasteiger charge is -2.43. The number of non-ortho nitro benzene ring substituents is 1. The minimum atomic E-state index is -1.73. The van der Waals surface area contributed by atoms with E-state index in [1.807, 2.05) is 0 Å². The first kappa shape index (κ1) is 20.7. The van der Waals surface area contributed by atoms with Crippen LogP contribution in [0.1, 0.15) is 24.8 Å². The minimum absolute atomic E-state index is 0.0607. The van der Waals surface area contributed by atoms with E-state index in [9.17, 15) is 25.0 Å². The van der Waals surface area contributed by atoms with Crippen molar-refractivity contribution >= 4 is 40.4 Å². The number of ketones is 1. The fourth-order valence-electron chi connectivity index (χ4n) is 5.00. The van der Waals surface area contributed by atoms with Gasteiger partial charge >= 0.3 is 0 Å². The van der Waals surface area contributed by atoms with Gasteiger partial charge in [-0.05, 0) is 37.1 Å². The number of rotatable bonds is 2. The first-order valence-corrected chi connectivity index (χ1v) is 10.5. The van der Waals surface area contributed by atoms with E-state index in [-0.39, 0.29) is 34.9 Å². The summed E-state index contributed by atoms with van der Waals surface area (Å²) in [6.45, 7) is 0. The van der Waals surface area contributed by atoms with Gasteiger partial charge in [-0.2, -0.15) is 5.26 Å². The van der Waals surface area contributed by atoms with Crippen molar-refractivity contribution in [3.05, 3.63) is 85.8 Å². The molecule has 2 aromatic carbocycles. The third-order valence-electron chi connectivity index (χ3n) is 6.29. The van der Waals surface area contributed by atoms with E-state index in [2.05, 4.69) is 11.4 Å². The molecule has 2 aliphatic heterocycles. The van der Waals surface area contributed by atoms with E-state index in [4.69, 9.17) is 17.3 Å². The van der Waals surface area contributed by atoms with Crippen LogP contribution >= 0.6 is 11.6 Å². The monoisotopic (exact) mass is 461 g/mol. The molecule has 0 radical (unpaired) electrons. The molecule has 0 bridgehead atoms. The summed E-state index contributed by atoms with van der Waals surface area (Å²) in [5.74, 6) is -0.898. The number of hydrogen-bond donors (Lipinski definition) is 2. The average molecular weight is 462 g/mol. The molecule has 33 heavy (non-hydrogen) atoms. The van der Waals surface area contributed by atoms with Crippen molar-refractivity contribution in [3.63, 3.8) is 0 Å². The molecule has 10 heteroatoms. The zero-order valence-electron chi connectivity index (χ0n) is 17.1. The van der Waals surface area contributed by atoms with Crippen molar-refractivity contribution in [1.29, 1.82) is 5.26 Å². The predicted molar refractivity (Wildman–Crippen MR) is 120 cm³/mol. The number of Topliss-reactive ketones (excluding diaryl/α,β-unsaturated/α-hetero) is 1. The zero-order chi connectivity index (χ0) is 23.5. The standard InChI is InChI=1S/C23H16ClN5O4/c24-12-7-8-17-15(9-12)23(22(31)27-17)16(11-25)21(26)28(18-5-2-6-19(30)20(18)23)13-3-1-4-14(10-13)29(32)33/h1,3-4,7-10H,2,5-6,26H2,(H,27,31). The van der Waals surface area contributed by atoms with Gasteiger partial charge in [0.05, 0.1) is 16.2 Å². The van der Waals surface area contributed by atoms with E-state index < -0.39 is 16.2 Å². The fraction of sp³-hybridized carbons (Fsp3) is 0.174. The Morgan fingerprint density at radius 2 is 2.00 bits per heavy atom. The first-order chi connectivity index (χ1) is 15.8. The summed E-state index contributed by atoms with van der Waals surface area (Å²) in [4.78, 5) is 39.2. The lowest BCUT2D eigenvalue weighted by atomic mass is 9.64. The van der Waals surface area contributed by atoms with Gasteiger partial charge in [-0.15, -0.1) is 0 Å². The number of carbonyl (C=O) groups excluding carboxylic acids is 2. The van der Waals surface area contributed by atoms with E-state index in [1.165, 1.54) is 23.1 Å². The van der Waals surface area contributed by atoms with Crippen LogP contribution in [0, 0.1) is 21.4 Å². The van der Waals surface area contributed by atoms with Gasteiger partial charge in [0.2, 0.25) is 5.91 Å². The van der Waals surface area contributed by atoms with Gasteiger partial charge < -0.3 is 11.1 Å². The number of nitro benzene ring substituents is 1. The Morgan fingerprint density at radius 3 is 2.73 bits per heavy atom. The largest absolute Gasteiger partial charge is 0.384 e. The number of allylic oxidation sites excluding steroid dienone is 1. The second-order valence-electron chi connectivity index (χ2n) is 7.98. The van der Waals surface area contributed by atoms with Crippen molar-refractivity contribution in [1.82, 2.24) is 0 Å². The second-order valence-corrected chi connectivity index (χ2v) is 8.41. The van der Waals surface area contributed by atoms with Crippen molar-refractivity contribution in [3.8, 4) is 6.07 Å². The number of nitrogens with zero attached hydrogens (tertiary/aromatic N) is 3. The van der Waals surface area contributed by atoms with Crippen LogP contribution in [0.25, 0.3) is 0 Å². The van der Waals surface area contributed by atoms with Gasteiger partial charge in [-0.25, -0.2) is 0 Å². The van der Waals surface area contributed by atoms with Crippen LogP contribution in [0.3, 0.4) is 0 Å². The molecule has 0 aromatic heterocycles. The second kappa shape index (κ2) is 7.18. The van der Waals surface area contributed by atoms with Crippen molar-refractivity contribution in [2.45, 2.75) is 24.7 Å². The minimum Gasteiger partial charge on any atom is -0.384 e. The van der Waals surface area contributed by atoms with E-state index in [0.717, 1.165) is 0 Å². The van der Waals surface area contributed by atoms with Gasteiger partial charge in [-0.3, -0.25) is 24.6 Å². The molecule has 1 aliphatic carbocycles. The summed E-state index contributed by atoms with van der Waals surface area (Å²) in [5, 5.41) is 24.7. The van der Waals surface area contributed by atoms with Crippen LogP contribution < -0.4 is 16.0 Å². The molecule has 2 heterocycles. The number of carbonyl (C=O) groups is 2. The molecule has 1 amide bonds. The number of anilines is 2. The molecule has 1 atom stereocenters. The normalized spacial score (nSPS) is 21.6. The number of nitrogens with two attached hydrogens (primary N) is 1. The molecular weight excluding hydrogens is 446 g/mol. The van der Waals surface area contributed by atoms with Crippen LogP contribution in [-0.4, -0.2) is 16.6 Å². The molecular formula is C23H16ClN5O4. The molecule has 1 unspecified atom stereocenters. The van der Waals surface area contributed by atoms with Gasteiger partial charge in [-0.1, -0.05) is 17.7 Å². The number of halogens is 1. The highest BCUT2D eigenvalue weighted by Crippen LogP contribution is 2.55. The van der Waals surface area contributed by atoms with E-state index in [1.54, 1.807) is 24.3 Å². The van der Waals surface area contributed by atoms with Gasteiger partial charge in [0.15, 0.2) is 5.78 Å². The molecule has 0 fully saturated rings. The van der Waals surface area contributed by atoms with Gasteiger partial charge in [0.1, 0.15) is 17.3 Å². The summed E-state index contributed by atoms with van der Waals surface area (Å²) in [7, 11) is 0. The Hall–Kier alpha value is -4.16. The average Bonchev–Trinajstić information content (AvgIpc) is 3.06. The molecule has 1 spiro atoms. The lowest BCUT2D eigenvalue weighted by Crippen LogP contribution is -2.50. The van der Waals surface area contributed by atoms with Crippen molar-refractivity contribution < 1.29 is 14.5 Å². The molecule has 9 nitrogen and oxygen atoms in total. The van der Waals surface area contributed by atoms with Crippen LogP contribution in [0.4, 0.5) is 17.1 Å². The number of benzene rings is 2. The van der Waals surface area contributed by atoms with Crippen molar-refractivity contribution in [2.75, 3.05) is 10.2 Å². The Labute approximate surface area is 192 Å². The first-order valence-electron chi connectivity index (χ1n) is 10.1. The quantitative estimate of drug-likeness (QED) is 0.513. The SMILES string of the molecule is N#CC1=C(N)N(c2cccc([N+](=O)[O-])c2)C2=C(C(=O)CCC2)C12C(=O)Nc1ccc(Cl)cc12. The van der Waals surface area contributed by atoms with Crippen LogP contribution in [0.15, 0.2) is 65.1 Å².